The maximum Gasteiger partial charge on any atom is 0.263 e. The molecular formula is C15H13F3N2O. The van der Waals surface area contributed by atoms with Crippen molar-refractivity contribution in [2.24, 2.45) is 5.73 Å². The summed E-state index contributed by atoms with van der Waals surface area (Å²) in [5.74, 6) is -1.18. The Balaban J connectivity index is 2.09. The van der Waals surface area contributed by atoms with E-state index in [2.05, 4.69) is 5.32 Å². The molecule has 0 aliphatic rings. The van der Waals surface area contributed by atoms with Crippen LogP contribution in [0, 0.1) is 5.82 Å². The summed E-state index contributed by atoms with van der Waals surface area (Å²) in [4.78, 5) is 11.0. The summed E-state index contributed by atoms with van der Waals surface area (Å²) in [6.07, 6.45) is -2.52. The molecule has 0 fully saturated rings. The van der Waals surface area contributed by atoms with Gasteiger partial charge in [-0.05, 0) is 23.8 Å². The van der Waals surface area contributed by atoms with Crippen LogP contribution in [-0.2, 0) is 6.54 Å². The maximum atomic E-state index is 13.6. The van der Waals surface area contributed by atoms with Crippen LogP contribution in [0.15, 0.2) is 42.5 Å². The smallest absolute Gasteiger partial charge is 0.263 e. The van der Waals surface area contributed by atoms with Crippen molar-refractivity contribution in [1.29, 1.82) is 0 Å². The molecule has 21 heavy (non-hydrogen) atoms. The van der Waals surface area contributed by atoms with Gasteiger partial charge < -0.3 is 11.1 Å². The first-order chi connectivity index (χ1) is 9.97. The number of rotatable bonds is 5. The highest BCUT2D eigenvalue weighted by Gasteiger charge is 2.08. The van der Waals surface area contributed by atoms with Crippen molar-refractivity contribution in [2.45, 2.75) is 13.0 Å². The van der Waals surface area contributed by atoms with Crippen molar-refractivity contribution in [3.05, 3.63) is 65.0 Å². The molecule has 0 aromatic heterocycles. The SMILES string of the molecule is NC(=O)c1ccc(F)c(NCc2ccc(C(F)F)cc2)c1. The molecule has 0 aliphatic carbocycles. The second-order valence-corrected chi connectivity index (χ2v) is 4.45. The van der Waals surface area contributed by atoms with Gasteiger partial charge in [0.25, 0.3) is 6.43 Å². The summed E-state index contributed by atoms with van der Waals surface area (Å²) in [6.45, 7) is 0.239. The zero-order valence-corrected chi connectivity index (χ0v) is 10.9. The molecule has 1 amide bonds. The average Bonchev–Trinajstić information content (AvgIpc) is 2.46. The summed E-state index contributed by atoms with van der Waals surface area (Å²) in [6, 6.07) is 9.44. The second kappa shape index (κ2) is 6.30. The Morgan fingerprint density at radius 2 is 1.81 bits per heavy atom. The van der Waals surface area contributed by atoms with E-state index >= 15 is 0 Å². The zero-order chi connectivity index (χ0) is 15.4. The number of primary amides is 1. The van der Waals surface area contributed by atoms with Gasteiger partial charge in [0.05, 0.1) is 5.69 Å². The van der Waals surface area contributed by atoms with Gasteiger partial charge in [0.1, 0.15) is 5.82 Å². The minimum Gasteiger partial charge on any atom is -0.379 e. The monoisotopic (exact) mass is 294 g/mol. The highest BCUT2D eigenvalue weighted by atomic mass is 19.3. The third-order valence-electron chi connectivity index (χ3n) is 2.97. The molecule has 3 nitrogen and oxygen atoms in total. The molecule has 0 spiro atoms. The highest BCUT2D eigenvalue weighted by molar-refractivity contribution is 5.93. The number of carbonyl (C=O) groups excluding carboxylic acids is 1. The first kappa shape index (κ1) is 14.9. The predicted molar refractivity (Wildman–Crippen MR) is 73.6 cm³/mol. The van der Waals surface area contributed by atoms with E-state index in [4.69, 9.17) is 5.73 Å². The standard InChI is InChI=1S/C15H13F3N2O/c16-12-6-5-11(15(19)21)7-13(12)20-8-9-1-3-10(4-2-9)14(17)18/h1-7,14,20H,8H2,(H2,19,21). The quantitative estimate of drug-likeness (QED) is 0.887. The third kappa shape index (κ3) is 3.75. The molecule has 2 aromatic carbocycles. The lowest BCUT2D eigenvalue weighted by Gasteiger charge is -2.09. The number of halogens is 3. The molecule has 3 N–H and O–H groups in total. The summed E-state index contributed by atoms with van der Waals surface area (Å²) >= 11 is 0. The second-order valence-electron chi connectivity index (χ2n) is 4.45. The van der Waals surface area contributed by atoms with Crippen molar-refractivity contribution >= 4 is 11.6 Å². The predicted octanol–water partition coefficient (Wildman–Crippen LogP) is 3.47. The molecule has 0 saturated carbocycles. The van der Waals surface area contributed by atoms with Crippen LogP contribution in [-0.4, -0.2) is 5.91 Å². The van der Waals surface area contributed by atoms with Crippen LogP contribution in [0.2, 0.25) is 0 Å². The maximum absolute atomic E-state index is 13.6. The van der Waals surface area contributed by atoms with Crippen LogP contribution < -0.4 is 11.1 Å². The number of benzene rings is 2. The minimum atomic E-state index is -2.52. The summed E-state index contributed by atoms with van der Waals surface area (Å²) in [5.41, 5.74) is 6.08. The Hall–Kier alpha value is -2.50. The fraction of sp³-hybridized carbons (Fsp3) is 0.133. The Labute approximate surface area is 119 Å². The van der Waals surface area contributed by atoms with Crippen LogP contribution in [0.5, 0.6) is 0 Å². The summed E-state index contributed by atoms with van der Waals surface area (Å²) in [7, 11) is 0. The number of amides is 1. The first-order valence-corrected chi connectivity index (χ1v) is 6.17. The Bertz CT molecular complexity index is 642. The molecule has 0 radical (unpaired) electrons. The third-order valence-corrected chi connectivity index (χ3v) is 2.97. The molecule has 0 atom stereocenters. The van der Waals surface area contributed by atoms with Gasteiger partial charge in [0, 0.05) is 17.7 Å². The van der Waals surface area contributed by atoms with Crippen LogP contribution in [0.25, 0.3) is 0 Å². The number of carbonyl (C=O) groups is 1. The zero-order valence-electron chi connectivity index (χ0n) is 10.9. The molecule has 0 saturated heterocycles. The van der Waals surface area contributed by atoms with Crippen molar-refractivity contribution < 1.29 is 18.0 Å². The fourth-order valence-corrected chi connectivity index (χ4v) is 1.79. The molecule has 0 unspecified atom stereocenters. The van der Waals surface area contributed by atoms with E-state index in [9.17, 15) is 18.0 Å². The number of hydrogen-bond acceptors (Lipinski definition) is 2. The molecule has 0 heterocycles. The topological polar surface area (TPSA) is 55.1 Å². The summed E-state index contributed by atoms with van der Waals surface area (Å²) < 4.78 is 38.4. The number of nitrogens with two attached hydrogens (primary N) is 1. The van der Waals surface area contributed by atoms with E-state index in [0.29, 0.717) is 5.56 Å². The lowest BCUT2D eigenvalue weighted by atomic mass is 10.1. The van der Waals surface area contributed by atoms with Gasteiger partial charge in [-0.1, -0.05) is 24.3 Å². The largest absolute Gasteiger partial charge is 0.379 e. The van der Waals surface area contributed by atoms with Crippen LogP contribution in [0.1, 0.15) is 27.9 Å². The van der Waals surface area contributed by atoms with Gasteiger partial charge >= 0.3 is 0 Å². The molecule has 6 heteroatoms. The molecule has 2 aromatic rings. The van der Waals surface area contributed by atoms with E-state index in [0.717, 1.165) is 6.07 Å². The Morgan fingerprint density at radius 1 is 1.14 bits per heavy atom. The van der Waals surface area contributed by atoms with Crippen molar-refractivity contribution in [1.82, 2.24) is 0 Å². The Morgan fingerprint density at radius 3 is 2.38 bits per heavy atom. The summed E-state index contributed by atoms with van der Waals surface area (Å²) in [5, 5.41) is 2.80. The molecule has 110 valence electrons. The molecular weight excluding hydrogens is 281 g/mol. The number of alkyl halides is 2. The van der Waals surface area contributed by atoms with Gasteiger partial charge in [-0.15, -0.1) is 0 Å². The molecule has 0 bridgehead atoms. The van der Waals surface area contributed by atoms with E-state index in [1.807, 2.05) is 0 Å². The first-order valence-electron chi connectivity index (χ1n) is 6.17. The molecule has 2 rings (SSSR count). The van der Waals surface area contributed by atoms with Crippen LogP contribution >= 0.6 is 0 Å². The van der Waals surface area contributed by atoms with Crippen LogP contribution in [0.4, 0.5) is 18.9 Å². The lowest BCUT2D eigenvalue weighted by molar-refractivity contribution is 0.1000. The number of nitrogens with one attached hydrogen (secondary N) is 1. The number of anilines is 1. The van der Waals surface area contributed by atoms with Gasteiger partial charge in [-0.25, -0.2) is 13.2 Å². The molecule has 0 aliphatic heterocycles. The van der Waals surface area contributed by atoms with E-state index in [-0.39, 0.29) is 23.4 Å². The average molecular weight is 294 g/mol. The van der Waals surface area contributed by atoms with E-state index in [1.165, 1.54) is 36.4 Å². The number of hydrogen-bond donors (Lipinski definition) is 2. The van der Waals surface area contributed by atoms with Crippen LogP contribution in [0.3, 0.4) is 0 Å². The van der Waals surface area contributed by atoms with Gasteiger partial charge in [0.2, 0.25) is 5.91 Å². The van der Waals surface area contributed by atoms with Gasteiger partial charge in [-0.3, -0.25) is 4.79 Å². The minimum absolute atomic E-state index is 0.0688. The van der Waals surface area contributed by atoms with Crippen molar-refractivity contribution in [3.63, 3.8) is 0 Å². The van der Waals surface area contributed by atoms with Crippen molar-refractivity contribution in [2.75, 3.05) is 5.32 Å². The normalized spacial score (nSPS) is 10.7. The van der Waals surface area contributed by atoms with Gasteiger partial charge in [-0.2, -0.15) is 0 Å². The fourth-order valence-electron chi connectivity index (χ4n) is 1.79. The van der Waals surface area contributed by atoms with Crippen molar-refractivity contribution in [3.8, 4) is 0 Å². The van der Waals surface area contributed by atoms with Gasteiger partial charge in [0.15, 0.2) is 0 Å². The van der Waals surface area contributed by atoms with E-state index < -0.39 is 18.1 Å². The highest BCUT2D eigenvalue weighted by Crippen LogP contribution is 2.20. The van der Waals surface area contributed by atoms with E-state index in [1.54, 1.807) is 0 Å². The Kier molecular flexibility index (Phi) is 4.47. The lowest BCUT2D eigenvalue weighted by Crippen LogP contribution is -2.12.